The summed E-state index contributed by atoms with van der Waals surface area (Å²) >= 11 is 0. The van der Waals surface area contributed by atoms with Crippen LogP contribution in [0.2, 0.25) is 0 Å². The molecule has 14 aromatic rings. The average Bonchev–Trinajstić information content (AvgIpc) is 4.31. The molecule has 0 fully saturated rings. The smallest absolute Gasteiger partial charge is 0.227 e. The van der Waals surface area contributed by atoms with Crippen molar-refractivity contribution < 1.29 is 27.1 Å². The molecule has 0 radical (unpaired) electrons. The van der Waals surface area contributed by atoms with Gasteiger partial charge in [-0.1, -0.05) is 48.5 Å². The van der Waals surface area contributed by atoms with E-state index in [2.05, 4.69) is 19.8 Å². The molecule has 2 aliphatic rings. The number of benzene rings is 6. The van der Waals surface area contributed by atoms with Crippen molar-refractivity contribution in [2.24, 2.45) is 0 Å². The molecule has 0 spiro atoms. The Balaban J connectivity index is 0.784. The minimum absolute atomic E-state index is 0.369. The lowest BCUT2D eigenvalue weighted by Crippen LogP contribution is -2.15. The van der Waals surface area contributed by atoms with Crippen LogP contribution >= 0.6 is 0 Å². The van der Waals surface area contributed by atoms with Gasteiger partial charge in [0.25, 0.3) is 0 Å². The fourth-order valence-corrected chi connectivity index (χ4v) is 9.94. The normalized spacial score (nSPS) is 12.6. The molecule has 358 valence electrons. The molecule has 8 aromatic heterocycles. The van der Waals surface area contributed by atoms with E-state index in [0.29, 0.717) is 102 Å². The number of anilines is 6. The molecular weight excluding hydrogens is 957 g/mol. The van der Waals surface area contributed by atoms with E-state index < -0.39 is 0 Å². The van der Waals surface area contributed by atoms with E-state index in [1.807, 2.05) is 152 Å². The second kappa shape index (κ2) is 16.3. The number of hydrogen-bond donors (Lipinski definition) is 0. The lowest BCUT2D eigenvalue weighted by Gasteiger charge is -2.33. The van der Waals surface area contributed by atoms with Crippen molar-refractivity contribution in [3.63, 3.8) is 0 Å². The number of rotatable bonds is 7. The van der Waals surface area contributed by atoms with E-state index in [0.717, 1.165) is 57.1 Å². The molecule has 2 aliphatic heterocycles. The zero-order chi connectivity index (χ0) is 49.8. The van der Waals surface area contributed by atoms with Gasteiger partial charge in [-0.05, 0) is 97.1 Å². The number of aromatic nitrogens is 8. The largest absolute Gasteiger partial charge is 0.453 e. The van der Waals surface area contributed by atoms with E-state index in [9.17, 15) is 0 Å². The Morgan fingerprint density at radius 3 is 1.28 bits per heavy atom. The third-order valence-corrected chi connectivity index (χ3v) is 13.4. The summed E-state index contributed by atoms with van der Waals surface area (Å²) in [5, 5.41) is 0. The molecule has 0 N–H and O–H groups in total. The van der Waals surface area contributed by atoms with Crippen molar-refractivity contribution in [2.75, 3.05) is 9.80 Å². The summed E-state index contributed by atoms with van der Waals surface area (Å²) in [4.78, 5) is 42.1. The molecule has 16 heteroatoms. The van der Waals surface area contributed by atoms with Gasteiger partial charge in [-0.2, -0.15) is 0 Å². The Kier molecular flexibility index (Phi) is 8.90. The molecule has 0 aliphatic carbocycles. The van der Waals surface area contributed by atoms with Gasteiger partial charge in [0.15, 0.2) is 45.3 Å². The van der Waals surface area contributed by atoms with Crippen LogP contribution in [0.1, 0.15) is 0 Å². The van der Waals surface area contributed by atoms with Crippen LogP contribution < -0.4 is 19.3 Å². The van der Waals surface area contributed by atoms with E-state index in [1.54, 1.807) is 43.2 Å². The van der Waals surface area contributed by atoms with E-state index in [-0.39, 0.29) is 0 Å². The Bertz CT molecular complexity index is 4220. The Morgan fingerprint density at radius 1 is 0.316 bits per heavy atom. The summed E-state index contributed by atoms with van der Waals surface area (Å²) in [6.45, 7) is 0. The molecule has 6 aromatic carbocycles. The van der Waals surface area contributed by atoms with E-state index in [1.165, 1.54) is 0 Å². The summed E-state index contributed by atoms with van der Waals surface area (Å²) in [5.74, 6) is 4.44. The highest BCUT2D eigenvalue weighted by Gasteiger charge is 2.30. The van der Waals surface area contributed by atoms with Crippen molar-refractivity contribution in [1.29, 1.82) is 0 Å². The maximum atomic E-state index is 6.62. The Morgan fingerprint density at radius 2 is 0.737 bits per heavy atom. The van der Waals surface area contributed by atoms with Crippen LogP contribution in [0.5, 0.6) is 23.0 Å². The lowest BCUT2D eigenvalue weighted by atomic mass is 10.1. The number of hydrogen-bond acceptors (Lipinski definition) is 16. The minimum Gasteiger partial charge on any atom is -0.453 e. The summed E-state index contributed by atoms with van der Waals surface area (Å²) in [6.07, 6.45) is 10.0. The van der Waals surface area contributed by atoms with Gasteiger partial charge in [0, 0.05) is 58.2 Å². The van der Waals surface area contributed by atoms with Gasteiger partial charge in [-0.15, -0.1) is 0 Å². The van der Waals surface area contributed by atoms with Crippen molar-refractivity contribution in [1.82, 2.24) is 39.9 Å². The Hall–Kier alpha value is -11.0. The molecule has 0 saturated carbocycles. The monoisotopic (exact) mass is 988 g/mol. The summed E-state index contributed by atoms with van der Waals surface area (Å²) in [6, 6.07) is 51.1. The molecule has 76 heavy (non-hydrogen) atoms. The van der Waals surface area contributed by atoms with Gasteiger partial charge < -0.3 is 36.9 Å². The summed E-state index contributed by atoms with van der Waals surface area (Å²) < 4.78 is 38.4. The average molecular weight is 989 g/mol. The van der Waals surface area contributed by atoms with Gasteiger partial charge in [-0.25, -0.2) is 19.9 Å². The predicted octanol–water partition coefficient (Wildman–Crippen LogP) is 15.3. The SMILES string of the molecule is c1ccc2c(c1)Oc1ccccc1N2c1cc(-c2nc3ccncc3o2)cc(-c2nc3cc(-c4cc5oc(-c6cc(-c7nc8cnccc8o7)cc(N7c8ccccc8Oc8ccccc87)c6)nc5cn4)ncc3o2)c1. The number of oxazole rings is 4. The van der Waals surface area contributed by atoms with Gasteiger partial charge in [-0.3, -0.25) is 19.9 Å². The molecule has 0 saturated heterocycles. The van der Waals surface area contributed by atoms with Crippen LogP contribution in [0.3, 0.4) is 0 Å². The highest BCUT2D eigenvalue weighted by atomic mass is 16.5. The van der Waals surface area contributed by atoms with Crippen LogP contribution in [0.4, 0.5) is 34.1 Å². The topological polar surface area (TPSA) is 181 Å². The zero-order valence-corrected chi connectivity index (χ0v) is 39.4. The first-order valence-electron chi connectivity index (χ1n) is 24.2. The summed E-state index contributed by atoms with van der Waals surface area (Å²) in [7, 11) is 0. The van der Waals surface area contributed by atoms with Gasteiger partial charge in [0.2, 0.25) is 23.6 Å². The van der Waals surface area contributed by atoms with Crippen molar-refractivity contribution in [2.45, 2.75) is 0 Å². The van der Waals surface area contributed by atoms with Crippen molar-refractivity contribution >= 4 is 78.5 Å². The van der Waals surface area contributed by atoms with Gasteiger partial charge >= 0.3 is 0 Å². The standard InChI is InChI=1S/C60H32N10O6/c1-5-13-50-45(9-1)69(46-10-2-6-14-51(46)71-50)37-23-33(57-65-39-17-19-62-31-55(39)75-57)21-34(24-37)58-66-42-27-40(64-32-56(42)76-58)41-28-54-44(30-63-41)68-60(74-54)36-22-35(59-67-43-29-61-20-18-49(43)73-59)25-38(26-36)70-47-11-3-7-15-52(47)72-53-16-8-4-12-48(53)70/h1-32H. The zero-order valence-electron chi connectivity index (χ0n) is 39.4. The highest BCUT2D eigenvalue weighted by molar-refractivity contribution is 5.92. The van der Waals surface area contributed by atoms with E-state index in [4.69, 9.17) is 57.0 Å². The second-order valence-corrected chi connectivity index (χ2v) is 18.1. The molecule has 10 heterocycles. The fourth-order valence-electron chi connectivity index (χ4n) is 9.94. The maximum Gasteiger partial charge on any atom is 0.227 e. The number of nitrogens with zero attached hydrogens (tertiary/aromatic N) is 10. The molecule has 0 bridgehead atoms. The van der Waals surface area contributed by atoms with Crippen molar-refractivity contribution in [3.8, 4) is 80.2 Å². The molecule has 0 unspecified atom stereocenters. The number of para-hydroxylation sites is 8. The van der Waals surface area contributed by atoms with Crippen LogP contribution in [-0.4, -0.2) is 39.9 Å². The first-order valence-corrected chi connectivity index (χ1v) is 24.2. The van der Waals surface area contributed by atoms with Crippen LogP contribution in [0.25, 0.3) is 102 Å². The number of pyridine rings is 4. The lowest BCUT2D eigenvalue weighted by molar-refractivity contribution is 0.477. The first-order chi connectivity index (χ1) is 37.6. The second-order valence-electron chi connectivity index (χ2n) is 18.1. The first kappa shape index (κ1) is 41.6. The van der Waals surface area contributed by atoms with Crippen molar-refractivity contribution in [3.05, 3.63) is 195 Å². The third kappa shape index (κ3) is 6.78. The van der Waals surface area contributed by atoms with E-state index >= 15 is 0 Å². The summed E-state index contributed by atoms with van der Waals surface area (Å²) in [5.41, 5.74) is 13.6. The van der Waals surface area contributed by atoms with Crippen LogP contribution in [0.15, 0.2) is 213 Å². The van der Waals surface area contributed by atoms with Crippen LogP contribution in [-0.2, 0) is 0 Å². The maximum absolute atomic E-state index is 6.62. The minimum atomic E-state index is 0.369. The van der Waals surface area contributed by atoms with Gasteiger partial charge in [0.1, 0.15) is 22.1 Å². The fraction of sp³-hybridized carbons (Fsp3) is 0. The Labute approximate surface area is 428 Å². The number of fused-ring (bicyclic) bond motifs is 8. The molecular formula is C60H32N10O6. The molecule has 0 atom stereocenters. The van der Waals surface area contributed by atoms with Crippen LogP contribution in [0, 0.1) is 0 Å². The predicted molar refractivity (Wildman–Crippen MR) is 285 cm³/mol. The van der Waals surface area contributed by atoms with Gasteiger partial charge in [0.05, 0.1) is 58.9 Å². The number of ether oxygens (including phenoxy) is 2. The molecule has 16 nitrogen and oxygen atoms in total. The molecule has 16 rings (SSSR count). The third-order valence-electron chi connectivity index (χ3n) is 13.4. The highest BCUT2D eigenvalue weighted by Crippen LogP contribution is 2.53. The quantitative estimate of drug-likeness (QED) is 0.147. The molecule has 0 amide bonds.